The Labute approximate surface area is 154 Å². The zero-order valence-corrected chi connectivity index (χ0v) is 14.5. The minimum Gasteiger partial charge on any atom is -0.476 e. The number of ether oxygens (including phenoxy) is 1. The number of aromatic nitrogens is 3. The zero-order chi connectivity index (χ0) is 18.8. The average molecular weight is 372 g/mol. The lowest BCUT2D eigenvalue weighted by Crippen LogP contribution is -2.40. The van der Waals surface area contributed by atoms with Gasteiger partial charge in [-0.2, -0.15) is 0 Å². The molecule has 27 heavy (non-hydrogen) atoms. The molecule has 3 heterocycles. The summed E-state index contributed by atoms with van der Waals surface area (Å²) in [6.07, 6.45) is 4.92. The third kappa shape index (κ3) is 3.74. The predicted molar refractivity (Wildman–Crippen MR) is 93.5 cm³/mol. The standard InChI is InChI=1S/C19H18F2N4O2/c20-14-1-2-15(16(21)11-14)19(26)24-8-5-13(6-9-24)12-27-18-4-3-17-22-7-10-25(17)23-18/h1-4,7,10-11,13H,5-6,8-9,12H2. The lowest BCUT2D eigenvalue weighted by molar-refractivity contribution is 0.0654. The number of rotatable bonds is 4. The fraction of sp³-hybridized carbons (Fsp3) is 0.316. The lowest BCUT2D eigenvalue weighted by Gasteiger charge is -2.32. The van der Waals surface area contributed by atoms with Crippen molar-refractivity contribution in [3.8, 4) is 5.88 Å². The van der Waals surface area contributed by atoms with E-state index in [9.17, 15) is 13.6 Å². The number of halogens is 2. The molecule has 0 saturated carbocycles. The molecule has 1 aliphatic rings. The molecule has 2 aromatic heterocycles. The second kappa shape index (κ2) is 7.30. The molecule has 1 saturated heterocycles. The van der Waals surface area contributed by atoms with Crippen LogP contribution in [0.4, 0.5) is 8.78 Å². The summed E-state index contributed by atoms with van der Waals surface area (Å²) < 4.78 is 34.2. The fourth-order valence-electron chi connectivity index (χ4n) is 3.21. The number of nitrogens with zero attached hydrogens (tertiary/aromatic N) is 4. The second-order valence-electron chi connectivity index (χ2n) is 6.57. The first-order valence-electron chi connectivity index (χ1n) is 8.77. The highest BCUT2D eigenvalue weighted by Crippen LogP contribution is 2.21. The van der Waals surface area contributed by atoms with Crippen LogP contribution in [0.2, 0.25) is 0 Å². The maximum Gasteiger partial charge on any atom is 0.256 e. The molecule has 0 spiro atoms. The first kappa shape index (κ1) is 17.4. The van der Waals surface area contributed by atoms with Gasteiger partial charge in [0.15, 0.2) is 5.65 Å². The molecule has 1 aromatic carbocycles. The Bertz CT molecular complexity index is 967. The van der Waals surface area contributed by atoms with E-state index in [1.807, 2.05) is 6.07 Å². The van der Waals surface area contributed by atoms with Gasteiger partial charge in [0.1, 0.15) is 11.6 Å². The molecule has 4 rings (SSSR count). The van der Waals surface area contributed by atoms with Crippen molar-refractivity contribution in [2.24, 2.45) is 5.92 Å². The van der Waals surface area contributed by atoms with E-state index in [1.165, 1.54) is 6.07 Å². The van der Waals surface area contributed by atoms with Crippen molar-refractivity contribution in [1.82, 2.24) is 19.5 Å². The largest absolute Gasteiger partial charge is 0.476 e. The van der Waals surface area contributed by atoms with Crippen LogP contribution in [0.15, 0.2) is 42.7 Å². The van der Waals surface area contributed by atoms with Crippen LogP contribution in [0.1, 0.15) is 23.2 Å². The van der Waals surface area contributed by atoms with Crippen LogP contribution in [0, 0.1) is 17.6 Å². The van der Waals surface area contributed by atoms with Crippen molar-refractivity contribution in [2.45, 2.75) is 12.8 Å². The SMILES string of the molecule is O=C(c1ccc(F)cc1F)N1CCC(COc2ccc3nccn3n2)CC1. The summed E-state index contributed by atoms with van der Waals surface area (Å²) in [5.74, 6) is -1.12. The van der Waals surface area contributed by atoms with Crippen molar-refractivity contribution < 1.29 is 18.3 Å². The van der Waals surface area contributed by atoms with Gasteiger partial charge in [0.2, 0.25) is 5.88 Å². The number of imidazole rings is 1. The Morgan fingerprint density at radius 2 is 2.00 bits per heavy atom. The highest BCUT2D eigenvalue weighted by Gasteiger charge is 2.26. The highest BCUT2D eigenvalue weighted by molar-refractivity contribution is 5.94. The molecule has 0 aliphatic carbocycles. The van der Waals surface area contributed by atoms with E-state index < -0.39 is 17.5 Å². The van der Waals surface area contributed by atoms with Gasteiger partial charge in [-0.1, -0.05) is 0 Å². The Morgan fingerprint density at radius 3 is 2.78 bits per heavy atom. The van der Waals surface area contributed by atoms with E-state index in [0.29, 0.717) is 25.6 Å². The second-order valence-corrected chi connectivity index (χ2v) is 6.57. The smallest absolute Gasteiger partial charge is 0.256 e. The number of piperidine rings is 1. The van der Waals surface area contributed by atoms with Crippen molar-refractivity contribution in [3.63, 3.8) is 0 Å². The Kier molecular flexibility index (Phi) is 4.70. The summed E-state index contributed by atoms with van der Waals surface area (Å²) in [7, 11) is 0. The number of fused-ring (bicyclic) bond motifs is 1. The van der Waals surface area contributed by atoms with Gasteiger partial charge in [-0.3, -0.25) is 4.79 Å². The Morgan fingerprint density at radius 1 is 1.19 bits per heavy atom. The number of hydrogen-bond donors (Lipinski definition) is 0. The molecular weight excluding hydrogens is 354 g/mol. The molecule has 0 atom stereocenters. The summed E-state index contributed by atoms with van der Waals surface area (Å²) >= 11 is 0. The lowest BCUT2D eigenvalue weighted by atomic mass is 9.97. The number of likely N-dealkylation sites (tertiary alicyclic amines) is 1. The molecule has 0 radical (unpaired) electrons. The quantitative estimate of drug-likeness (QED) is 0.707. The van der Waals surface area contributed by atoms with E-state index in [2.05, 4.69) is 10.1 Å². The van der Waals surface area contributed by atoms with Crippen LogP contribution in [0.5, 0.6) is 5.88 Å². The maximum absolute atomic E-state index is 13.8. The van der Waals surface area contributed by atoms with Crippen LogP contribution in [0.3, 0.4) is 0 Å². The van der Waals surface area contributed by atoms with Crippen LogP contribution in [0.25, 0.3) is 5.65 Å². The third-order valence-electron chi connectivity index (χ3n) is 4.76. The molecule has 1 amide bonds. The monoisotopic (exact) mass is 372 g/mol. The van der Waals surface area contributed by atoms with Crippen LogP contribution in [-0.4, -0.2) is 45.1 Å². The van der Waals surface area contributed by atoms with Crippen LogP contribution >= 0.6 is 0 Å². The van der Waals surface area contributed by atoms with Gasteiger partial charge in [-0.05, 0) is 37.0 Å². The van der Waals surface area contributed by atoms with E-state index in [-0.39, 0.29) is 11.5 Å². The molecule has 6 nitrogen and oxygen atoms in total. The van der Waals surface area contributed by atoms with E-state index >= 15 is 0 Å². The topological polar surface area (TPSA) is 59.7 Å². The molecule has 8 heteroatoms. The average Bonchev–Trinajstić information content (AvgIpc) is 3.14. The number of benzene rings is 1. The summed E-state index contributed by atoms with van der Waals surface area (Å²) in [5, 5.41) is 4.31. The van der Waals surface area contributed by atoms with Gasteiger partial charge in [0.25, 0.3) is 5.91 Å². The van der Waals surface area contributed by atoms with Crippen molar-refractivity contribution in [2.75, 3.05) is 19.7 Å². The van der Waals surface area contributed by atoms with Crippen molar-refractivity contribution >= 4 is 11.6 Å². The number of amides is 1. The summed E-state index contributed by atoms with van der Waals surface area (Å²) in [6, 6.07) is 6.64. The zero-order valence-electron chi connectivity index (χ0n) is 14.5. The summed E-state index contributed by atoms with van der Waals surface area (Å²) in [5.41, 5.74) is 0.658. The van der Waals surface area contributed by atoms with Gasteiger partial charge in [0.05, 0.1) is 12.2 Å². The van der Waals surface area contributed by atoms with Crippen molar-refractivity contribution in [1.29, 1.82) is 0 Å². The molecule has 140 valence electrons. The first-order chi connectivity index (χ1) is 13.1. The number of carbonyl (C=O) groups is 1. The number of hydrogen-bond acceptors (Lipinski definition) is 4. The molecular formula is C19H18F2N4O2. The molecule has 0 unspecified atom stereocenters. The minimum atomic E-state index is -0.827. The van der Waals surface area contributed by atoms with Crippen LogP contribution < -0.4 is 4.74 Å². The minimum absolute atomic E-state index is 0.0936. The highest BCUT2D eigenvalue weighted by atomic mass is 19.1. The molecule has 1 aliphatic heterocycles. The van der Waals surface area contributed by atoms with Gasteiger partial charge in [-0.15, -0.1) is 5.10 Å². The summed E-state index contributed by atoms with van der Waals surface area (Å²) in [6.45, 7) is 1.52. The maximum atomic E-state index is 13.8. The fourth-order valence-corrected chi connectivity index (χ4v) is 3.21. The van der Waals surface area contributed by atoms with Crippen molar-refractivity contribution in [3.05, 3.63) is 59.9 Å². The molecule has 3 aromatic rings. The normalized spacial score (nSPS) is 15.3. The van der Waals surface area contributed by atoms with E-state index in [1.54, 1.807) is 27.9 Å². The predicted octanol–water partition coefficient (Wildman–Crippen LogP) is 2.94. The molecule has 1 fully saturated rings. The Balaban J connectivity index is 1.31. The number of carbonyl (C=O) groups excluding carboxylic acids is 1. The first-order valence-corrected chi connectivity index (χ1v) is 8.77. The summed E-state index contributed by atoms with van der Waals surface area (Å²) in [4.78, 5) is 18.2. The van der Waals surface area contributed by atoms with Gasteiger partial charge in [0, 0.05) is 37.6 Å². The van der Waals surface area contributed by atoms with E-state index in [4.69, 9.17) is 4.74 Å². The molecule has 0 bridgehead atoms. The van der Waals surface area contributed by atoms with Crippen LogP contribution in [-0.2, 0) is 0 Å². The van der Waals surface area contributed by atoms with Gasteiger partial charge < -0.3 is 9.64 Å². The third-order valence-corrected chi connectivity index (χ3v) is 4.76. The Hall–Kier alpha value is -3.03. The van der Waals surface area contributed by atoms with E-state index in [0.717, 1.165) is 30.6 Å². The van der Waals surface area contributed by atoms with Gasteiger partial charge in [-0.25, -0.2) is 18.3 Å². The molecule has 0 N–H and O–H groups in total. The van der Waals surface area contributed by atoms with Gasteiger partial charge >= 0.3 is 0 Å².